The van der Waals surface area contributed by atoms with Crippen molar-refractivity contribution in [2.45, 2.75) is 51.7 Å². The Kier molecular flexibility index (Phi) is 7.13. The summed E-state index contributed by atoms with van der Waals surface area (Å²) in [6, 6.07) is 0. The molecule has 4 nitrogen and oxygen atoms in total. The standard InChI is InChI=1S/C15H25NO3S/c1-4-16(12-8-6-5-7-9-12)13(17)10-20-14(11(2)3)15(18)19/h8,11,14H,4-7,9-10H2,1-3H3,(H,18,19). The third kappa shape index (κ3) is 4.85. The second-order valence-corrected chi connectivity index (χ2v) is 6.52. The Bertz CT molecular complexity index is 379. The van der Waals surface area contributed by atoms with E-state index in [1.54, 1.807) is 0 Å². The largest absolute Gasteiger partial charge is 0.480 e. The van der Waals surface area contributed by atoms with Crippen molar-refractivity contribution in [1.82, 2.24) is 4.90 Å². The first kappa shape index (κ1) is 17.1. The highest BCUT2D eigenvalue weighted by molar-refractivity contribution is 8.01. The Morgan fingerprint density at radius 2 is 2.10 bits per heavy atom. The summed E-state index contributed by atoms with van der Waals surface area (Å²) in [4.78, 5) is 25.2. The van der Waals surface area contributed by atoms with Crippen LogP contribution in [0.2, 0.25) is 0 Å². The number of hydrogen-bond acceptors (Lipinski definition) is 3. The van der Waals surface area contributed by atoms with Crippen molar-refractivity contribution in [2.24, 2.45) is 5.92 Å². The molecule has 0 saturated carbocycles. The van der Waals surface area contributed by atoms with Gasteiger partial charge in [0.05, 0.1) is 5.75 Å². The molecular weight excluding hydrogens is 274 g/mol. The highest BCUT2D eigenvalue weighted by Gasteiger charge is 2.25. The Morgan fingerprint density at radius 3 is 2.55 bits per heavy atom. The van der Waals surface area contributed by atoms with Crippen LogP contribution in [0.15, 0.2) is 11.8 Å². The fraction of sp³-hybridized carbons (Fsp3) is 0.733. The van der Waals surface area contributed by atoms with Gasteiger partial charge in [0.25, 0.3) is 0 Å². The molecule has 1 N–H and O–H groups in total. The molecule has 1 unspecified atom stereocenters. The quantitative estimate of drug-likeness (QED) is 0.784. The van der Waals surface area contributed by atoms with E-state index in [0.29, 0.717) is 6.54 Å². The lowest BCUT2D eigenvalue weighted by atomic mass is 10.0. The molecule has 1 rings (SSSR count). The maximum atomic E-state index is 12.3. The van der Waals surface area contributed by atoms with Gasteiger partial charge in [0.1, 0.15) is 5.25 Å². The van der Waals surface area contributed by atoms with Gasteiger partial charge < -0.3 is 10.0 Å². The summed E-state index contributed by atoms with van der Waals surface area (Å²) < 4.78 is 0. The SMILES string of the molecule is CCN(C(=O)CSC(C(=O)O)C(C)C)C1=CCCCC1. The summed E-state index contributed by atoms with van der Waals surface area (Å²) in [5.74, 6) is -0.551. The smallest absolute Gasteiger partial charge is 0.316 e. The minimum atomic E-state index is -0.835. The number of allylic oxidation sites excluding steroid dienone is 2. The van der Waals surface area contributed by atoms with Crippen LogP contribution in [0.3, 0.4) is 0 Å². The highest BCUT2D eigenvalue weighted by Crippen LogP contribution is 2.24. The van der Waals surface area contributed by atoms with Gasteiger partial charge in [-0.1, -0.05) is 19.9 Å². The molecule has 0 spiro atoms. The van der Waals surface area contributed by atoms with E-state index < -0.39 is 11.2 Å². The molecule has 0 aromatic carbocycles. The van der Waals surface area contributed by atoms with Gasteiger partial charge in [-0.15, -0.1) is 11.8 Å². The van der Waals surface area contributed by atoms with Gasteiger partial charge in [0, 0.05) is 12.2 Å². The number of carbonyl (C=O) groups excluding carboxylic acids is 1. The average Bonchev–Trinajstić information content (AvgIpc) is 2.40. The lowest BCUT2D eigenvalue weighted by Crippen LogP contribution is -2.34. The van der Waals surface area contributed by atoms with Gasteiger partial charge >= 0.3 is 5.97 Å². The Labute approximate surface area is 125 Å². The van der Waals surface area contributed by atoms with Crippen LogP contribution >= 0.6 is 11.8 Å². The number of thioether (sulfide) groups is 1. The molecule has 114 valence electrons. The van der Waals surface area contributed by atoms with E-state index in [9.17, 15) is 9.59 Å². The number of aliphatic carboxylic acids is 1. The Balaban J connectivity index is 2.59. The van der Waals surface area contributed by atoms with E-state index in [0.717, 1.165) is 25.0 Å². The van der Waals surface area contributed by atoms with E-state index in [-0.39, 0.29) is 17.6 Å². The first-order chi connectivity index (χ1) is 9.47. The van der Waals surface area contributed by atoms with Gasteiger partial charge in [-0.25, -0.2) is 0 Å². The lowest BCUT2D eigenvalue weighted by molar-refractivity contribution is -0.137. The third-order valence-corrected chi connectivity index (χ3v) is 4.98. The molecule has 0 heterocycles. The number of carbonyl (C=O) groups is 2. The predicted molar refractivity (Wildman–Crippen MR) is 82.7 cm³/mol. The predicted octanol–water partition coefficient (Wildman–Crippen LogP) is 3.14. The van der Waals surface area contributed by atoms with Crippen LogP contribution in [0.4, 0.5) is 0 Å². The zero-order chi connectivity index (χ0) is 15.1. The molecule has 20 heavy (non-hydrogen) atoms. The molecule has 1 aliphatic carbocycles. The topological polar surface area (TPSA) is 57.6 Å². The second-order valence-electron chi connectivity index (χ2n) is 5.39. The first-order valence-electron chi connectivity index (χ1n) is 7.31. The van der Waals surface area contributed by atoms with Crippen molar-refractivity contribution >= 4 is 23.6 Å². The number of amides is 1. The van der Waals surface area contributed by atoms with E-state index in [1.807, 2.05) is 25.7 Å². The molecule has 1 aliphatic rings. The van der Waals surface area contributed by atoms with Crippen molar-refractivity contribution in [2.75, 3.05) is 12.3 Å². The molecule has 0 bridgehead atoms. The van der Waals surface area contributed by atoms with Crippen molar-refractivity contribution in [1.29, 1.82) is 0 Å². The van der Waals surface area contributed by atoms with E-state index in [4.69, 9.17) is 5.11 Å². The zero-order valence-corrected chi connectivity index (χ0v) is 13.4. The molecule has 0 saturated heterocycles. The van der Waals surface area contributed by atoms with Crippen LogP contribution in [0, 0.1) is 5.92 Å². The van der Waals surface area contributed by atoms with Crippen LogP contribution in [0.5, 0.6) is 0 Å². The molecule has 5 heteroatoms. The minimum Gasteiger partial charge on any atom is -0.480 e. The van der Waals surface area contributed by atoms with Gasteiger partial charge in [0.2, 0.25) is 5.91 Å². The molecule has 1 atom stereocenters. The molecule has 0 radical (unpaired) electrons. The number of hydrogen-bond donors (Lipinski definition) is 1. The first-order valence-corrected chi connectivity index (χ1v) is 8.36. The zero-order valence-electron chi connectivity index (χ0n) is 12.6. The van der Waals surface area contributed by atoms with Gasteiger partial charge in [-0.3, -0.25) is 9.59 Å². The molecule has 0 aromatic heterocycles. The summed E-state index contributed by atoms with van der Waals surface area (Å²) >= 11 is 1.24. The maximum absolute atomic E-state index is 12.3. The minimum absolute atomic E-state index is 0.0225. The van der Waals surface area contributed by atoms with Crippen molar-refractivity contribution in [3.8, 4) is 0 Å². The third-order valence-electron chi connectivity index (χ3n) is 3.47. The fourth-order valence-electron chi connectivity index (χ4n) is 2.39. The summed E-state index contributed by atoms with van der Waals surface area (Å²) in [6.45, 7) is 6.37. The molecule has 0 aliphatic heterocycles. The molecule has 1 amide bonds. The monoisotopic (exact) mass is 299 g/mol. The van der Waals surface area contributed by atoms with Crippen LogP contribution in [-0.4, -0.2) is 39.4 Å². The number of carboxylic acid groups (broad SMARTS) is 1. The maximum Gasteiger partial charge on any atom is 0.316 e. The van der Waals surface area contributed by atoms with Crippen molar-refractivity contribution in [3.05, 3.63) is 11.8 Å². The average molecular weight is 299 g/mol. The van der Waals surface area contributed by atoms with Crippen molar-refractivity contribution in [3.63, 3.8) is 0 Å². The van der Waals surface area contributed by atoms with Crippen molar-refractivity contribution < 1.29 is 14.7 Å². The van der Waals surface area contributed by atoms with Gasteiger partial charge in [0.15, 0.2) is 0 Å². The Morgan fingerprint density at radius 1 is 1.40 bits per heavy atom. The van der Waals surface area contributed by atoms with Crippen LogP contribution in [0.1, 0.15) is 46.5 Å². The fourth-order valence-corrected chi connectivity index (χ4v) is 3.40. The van der Waals surface area contributed by atoms with E-state index >= 15 is 0 Å². The summed E-state index contributed by atoms with van der Waals surface area (Å²) in [6.07, 6.45) is 6.46. The van der Waals surface area contributed by atoms with Crippen LogP contribution in [0.25, 0.3) is 0 Å². The van der Waals surface area contributed by atoms with Gasteiger partial charge in [-0.05, 0) is 38.5 Å². The van der Waals surface area contributed by atoms with Gasteiger partial charge in [-0.2, -0.15) is 0 Å². The second kappa shape index (κ2) is 8.35. The lowest BCUT2D eigenvalue weighted by Gasteiger charge is -2.27. The molecule has 0 aromatic rings. The number of rotatable bonds is 7. The summed E-state index contributed by atoms with van der Waals surface area (Å²) in [7, 11) is 0. The number of carboxylic acids is 1. The summed E-state index contributed by atoms with van der Waals surface area (Å²) in [5, 5.41) is 8.63. The van der Waals surface area contributed by atoms with Crippen LogP contribution < -0.4 is 0 Å². The van der Waals surface area contributed by atoms with Crippen LogP contribution in [-0.2, 0) is 9.59 Å². The van der Waals surface area contributed by atoms with E-state index in [1.165, 1.54) is 18.2 Å². The molecule has 0 fully saturated rings. The number of nitrogens with zero attached hydrogens (tertiary/aromatic N) is 1. The van der Waals surface area contributed by atoms with E-state index in [2.05, 4.69) is 6.08 Å². The Hall–Kier alpha value is -0.970. The molecular formula is C15H25NO3S. The highest BCUT2D eigenvalue weighted by atomic mass is 32.2. The summed E-state index contributed by atoms with van der Waals surface area (Å²) in [5.41, 5.74) is 1.11. The normalized spacial score (nSPS) is 16.7.